The van der Waals surface area contributed by atoms with Gasteiger partial charge in [0.1, 0.15) is 5.75 Å². The van der Waals surface area contributed by atoms with Crippen molar-refractivity contribution in [2.24, 2.45) is 0 Å². The van der Waals surface area contributed by atoms with Crippen LogP contribution in [0.25, 0.3) is 5.69 Å². The van der Waals surface area contributed by atoms with Crippen LogP contribution in [0.1, 0.15) is 5.56 Å². The number of methoxy groups -OCH3 is 1. The zero-order valence-corrected chi connectivity index (χ0v) is 8.14. The average Bonchev–Trinajstić information content (AvgIpc) is 2.65. The Kier molecular flexibility index (Phi) is 2.18. The van der Waals surface area contributed by atoms with E-state index < -0.39 is 0 Å². The summed E-state index contributed by atoms with van der Waals surface area (Å²) in [6, 6.07) is 1.89. The molecule has 2 aromatic rings. The van der Waals surface area contributed by atoms with Crippen molar-refractivity contribution in [3.8, 4) is 11.4 Å². The first-order valence-electron chi connectivity index (χ1n) is 4.30. The van der Waals surface area contributed by atoms with E-state index in [0.717, 1.165) is 17.0 Å². The number of hydrogen-bond donors (Lipinski definition) is 0. The van der Waals surface area contributed by atoms with Crippen LogP contribution in [0, 0.1) is 6.92 Å². The zero-order valence-electron chi connectivity index (χ0n) is 8.14. The molecule has 0 aliphatic heterocycles. The molecule has 2 heterocycles. The minimum atomic E-state index is 0.732. The number of aromatic nitrogens is 3. The minimum absolute atomic E-state index is 0.732. The van der Waals surface area contributed by atoms with Crippen molar-refractivity contribution < 1.29 is 4.74 Å². The lowest BCUT2D eigenvalue weighted by Crippen LogP contribution is -1.95. The number of ether oxygens (including phenoxy) is 1. The molecular formula is C10H11N3O. The van der Waals surface area contributed by atoms with Crippen molar-refractivity contribution in [2.45, 2.75) is 6.92 Å². The molecule has 0 aliphatic rings. The Morgan fingerprint density at radius 2 is 2.14 bits per heavy atom. The summed E-state index contributed by atoms with van der Waals surface area (Å²) in [5, 5.41) is 4.18. The van der Waals surface area contributed by atoms with Crippen molar-refractivity contribution >= 4 is 0 Å². The van der Waals surface area contributed by atoms with Crippen LogP contribution >= 0.6 is 0 Å². The van der Waals surface area contributed by atoms with Crippen LogP contribution in [-0.4, -0.2) is 21.9 Å². The standard InChI is InChI=1S/C10H11N3O/c1-8-4-12-13(7-8)9-3-10(14-2)6-11-5-9/h3-7H,1-2H3. The Hall–Kier alpha value is -1.84. The molecule has 72 valence electrons. The number of rotatable bonds is 2. The first-order chi connectivity index (χ1) is 6.79. The maximum Gasteiger partial charge on any atom is 0.139 e. The Bertz CT molecular complexity index is 436. The summed E-state index contributed by atoms with van der Waals surface area (Å²) in [7, 11) is 1.62. The lowest BCUT2D eigenvalue weighted by molar-refractivity contribution is 0.412. The molecule has 0 N–H and O–H groups in total. The topological polar surface area (TPSA) is 39.9 Å². The van der Waals surface area contributed by atoms with Gasteiger partial charge in [-0.2, -0.15) is 5.10 Å². The molecule has 4 heteroatoms. The van der Waals surface area contributed by atoms with Crippen LogP contribution in [0.5, 0.6) is 5.75 Å². The number of aryl methyl sites for hydroxylation is 1. The summed E-state index contributed by atoms with van der Waals surface area (Å²) >= 11 is 0. The third kappa shape index (κ3) is 1.59. The first-order valence-corrected chi connectivity index (χ1v) is 4.30. The Morgan fingerprint density at radius 3 is 2.79 bits per heavy atom. The molecule has 0 unspecified atom stereocenters. The van der Waals surface area contributed by atoms with Gasteiger partial charge in [0.05, 0.1) is 31.4 Å². The summed E-state index contributed by atoms with van der Waals surface area (Å²) < 4.78 is 6.85. The fraction of sp³-hybridized carbons (Fsp3) is 0.200. The van der Waals surface area contributed by atoms with E-state index in [1.54, 1.807) is 30.4 Å². The highest BCUT2D eigenvalue weighted by molar-refractivity contribution is 5.34. The van der Waals surface area contributed by atoms with Crippen molar-refractivity contribution in [1.82, 2.24) is 14.8 Å². The van der Waals surface area contributed by atoms with Gasteiger partial charge in [-0.3, -0.25) is 4.98 Å². The fourth-order valence-electron chi connectivity index (χ4n) is 1.20. The van der Waals surface area contributed by atoms with E-state index in [9.17, 15) is 0 Å². The summed E-state index contributed by atoms with van der Waals surface area (Å²) in [4.78, 5) is 4.06. The monoisotopic (exact) mass is 189 g/mol. The zero-order chi connectivity index (χ0) is 9.97. The first kappa shape index (κ1) is 8.74. The molecule has 2 aromatic heterocycles. The summed E-state index contributed by atoms with van der Waals surface area (Å²) in [5.41, 5.74) is 2.02. The average molecular weight is 189 g/mol. The van der Waals surface area contributed by atoms with Crippen LogP contribution in [0.4, 0.5) is 0 Å². The molecule has 0 radical (unpaired) electrons. The van der Waals surface area contributed by atoms with Gasteiger partial charge < -0.3 is 4.74 Å². The normalized spacial score (nSPS) is 10.1. The third-order valence-corrected chi connectivity index (χ3v) is 1.91. The van der Waals surface area contributed by atoms with Crippen LogP contribution in [0.3, 0.4) is 0 Å². The van der Waals surface area contributed by atoms with Crippen molar-refractivity contribution in [1.29, 1.82) is 0 Å². The van der Waals surface area contributed by atoms with Gasteiger partial charge in [-0.05, 0) is 12.5 Å². The van der Waals surface area contributed by atoms with E-state index >= 15 is 0 Å². The van der Waals surface area contributed by atoms with Crippen molar-refractivity contribution in [3.05, 3.63) is 36.4 Å². The predicted octanol–water partition coefficient (Wildman–Crippen LogP) is 1.58. The molecule has 0 saturated heterocycles. The van der Waals surface area contributed by atoms with E-state index in [1.165, 1.54) is 0 Å². The van der Waals surface area contributed by atoms with E-state index in [0.29, 0.717) is 0 Å². The Morgan fingerprint density at radius 1 is 1.29 bits per heavy atom. The second kappa shape index (κ2) is 3.49. The minimum Gasteiger partial charge on any atom is -0.495 e. The SMILES string of the molecule is COc1cncc(-n2cc(C)cn2)c1. The maximum atomic E-state index is 5.08. The molecule has 4 nitrogen and oxygen atoms in total. The molecule has 0 amide bonds. The van der Waals surface area contributed by atoms with Gasteiger partial charge >= 0.3 is 0 Å². The molecular weight excluding hydrogens is 178 g/mol. The Labute approximate surface area is 82.2 Å². The van der Waals surface area contributed by atoms with Crippen molar-refractivity contribution in [2.75, 3.05) is 7.11 Å². The lowest BCUT2D eigenvalue weighted by atomic mass is 10.4. The number of hydrogen-bond acceptors (Lipinski definition) is 3. The van der Waals surface area contributed by atoms with Gasteiger partial charge in [-0.25, -0.2) is 4.68 Å². The van der Waals surface area contributed by atoms with Crippen LogP contribution < -0.4 is 4.74 Å². The molecule has 0 aliphatic carbocycles. The largest absolute Gasteiger partial charge is 0.495 e. The lowest BCUT2D eigenvalue weighted by Gasteiger charge is -2.02. The van der Waals surface area contributed by atoms with Crippen LogP contribution in [-0.2, 0) is 0 Å². The van der Waals surface area contributed by atoms with Gasteiger partial charge in [0, 0.05) is 12.3 Å². The maximum absolute atomic E-state index is 5.08. The van der Waals surface area contributed by atoms with Gasteiger partial charge in [-0.1, -0.05) is 0 Å². The van der Waals surface area contributed by atoms with Gasteiger partial charge in [0.2, 0.25) is 0 Å². The second-order valence-electron chi connectivity index (χ2n) is 3.05. The molecule has 0 bridgehead atoms. The van der Waals surface area contributed by atoms with E-state index in [2.05, 4.69) is 10.1 Å². The summed E-state index contributed by atoms with van der Waals surface area (Å²) in [6.45, 7) is 2.00. The summed E-state index contributed by atoms with van der Waals surface area (Å²) in [5.74, 6) is 0.732. The number of pyridine rings is 1. The van der Waals surface area contributed by atoms with Crippen molar-refractivity contribution in [3.63, 3.8) is 0 Å². The Balaban J connectivity index is 2.41. The molecule has 0 aromatic carbocycles. The van der Waals surface area contributed by atoms with Gasteiger partial charge in [0.15, 0.2) is 0 Å². The van der Waals surface area contributed by atoms with Gasteiger partial charge in [-0.15, -0.1) is 0 Å². The predicted molar refractivity (Wildman–Crippen MR) is 52.6 cm³/mol. The highest BCUT2D eigenvalue weighted by atomic mass is 16.5. The number of nitrogens with zero attached hydrogens (tertiary/aromatic N) is 3. The molecule has 14 heavy (non-hydrogen) atoms. The summed E-state index contributed by atoms with van der Waals surface area (Å²) in [6.07, 6.45) is 7.16. The third-order valence-electron chi connectivity index (χ3n) is 1.91. The highest BCUT2D eigenvalue weighted by Crippen LogP contribution is 2.13. The van der Waals surface area contributed by atoms with E-state index in [4.69, 9.17) is 4.74 Å². The van der Waals surface area contributed by atoms with Crippen LogP contribution in [0.15, 0.2) is 30.9 Å². The molecule has 0 saturated carbocycles. The molecule has 0 atom stereocenters. The molecule has 0 fully saturated rings. The molecule has 0 spiro atoms. The second-order valence-corrected chi connectivity index (χ2v) is 3.05. The van der Waals surface area contributed by atoms with E-state index in [-0.39, 0.29) is 0 Å². The quantitative estimate of drug-likeness (QED) is 0.720. The van der Waals surface area contributed by atoms with E-state index in [1.807, 2.05) is 19.2 Å². The highest BCUT2D eigenvalue weighted by Gasteiger charge is 1.99. The van der Waals surface area contributed by atoms with Gasteiger partial charge in [0.25, 0.3) is 0 Å². The molecule has 2 rings (SSSR count). The smallest absolute Gasteiger partial charge is 0.139 e. The fourth-order valence-corrected chi connectivity index (χ4v) is 1.20. The van der Waals surface area contributed by atoms with Crippen LogP contribution in [0.2, 0.25) is 0 Å².